The van der Waals surface area contributed by atoms with Crippen molar-refractivity contribution in [2.45, 2.75) is 32.9 Å². The summed E-state index contributed by atoms with van der Waals surface area (Å²) in [6.07, 6.45) is 3.32. The number of benzene rings is 1. The number of fused-ring (bicyclic) bond motifs is 1. The van der Waals surface area contributed by atoms with Crippen LogP contribution in [-0.2, 0) is 19.2 Å². The van der Waals surface area contributed by atoms with E-state index in [-0.39, 0.29) is 5.56 Å². The molecule has 0 aliphatic rings. The Kier molecular flexibility index (Phi) is 5.29. The lowest BCUT2D eigenvalue weighted by Gasteiger charge is -2.18. The Morgan fingerprint density at radius 3 is 2.48 bits per heavy atom. The van der Waals surface area contributed by atoms with Gasteiger partial charge in [-0.25, -0.2) is 9.97 Å². The molecular weight excluding hydrogens is 390 g/mol. The highest BCUT2D eigenvalue weighted by atomic mass is 16.3. The van der Waals surface area contributed by atoms with E-state index in [0.717, 1.165) is 22.4 Å². The third kappa shape index (κ3) is 4.32. The Labute approximate surface area is 180 Å². The Bertz CT molecular complexity index is 1290. The van der Waals surface area contributed by atoms with Gasteiger partial charge in [0.05, 0.1) is 23.1 Å². The first-order valence-corrected chi connectivity index (χ1v) is 10.1. The van der Waals surface area contributed by atoms with Crippen molar-refractivity contribution in [2.75, 3.05) is 5.32 Å². The molecule has 2 N–H and O–H groups in total. The first-order valence-electron chi connectivity index (χ1n) is 10.1. The maximum atomic E-state index is 12.8. The fourth-order valence-corrected chi connectivity index (χ4v) is 3.34. The zero-order valence-corrected chi connectivity index (χ0v) is 18.0. The Balaban J connectivity index is 1.78. The van der Waals surface area contributed by atoms with Crippen LogP contribution in [0, 0.1) is 6.92 Å². The van der Waals surface area contributed by atoms with Gasteiger partial charge in [0, 0.05) is 31.0 Å². The summed E-state index contributed by atoms with van der Waals surface area (Å²) in [5.41, 5.74) is 3.81. The minimum atomic E-state index is -0.919. The zero-order chi connectivity index (χ0) is 22.2. The van der Waals surface area contributed by atoms with E-state index in [1.165, 1.54) is 10.9 Å². The molecule has 0 saturated heterocycles. The molecule has 158 valence electrons. The largest absolute Gasteiger partial charge is 0.386 e. The molecule has 0 saturated carbocycles. The molecule has 3 heterocycles. The fraction of sp³-hybridized carbons (Fsp3) is 0.250. The molecule has 7 heteroatoms. The van der Waals surface area contributed by atoms with Crippen LogP contribution in [0.5, 0.6) is 0 Å². The summed E-state index contributed by atoms with van der Waals surface area (Å²) in [7, 11) is 1.67. The highest BCUT2D eigenvalue weighted by Crippen LogP contribution is 2.27. The van der Waals surface area contributed by atoms with Crippen LogP contribution >= 0.6 is 0 Å². The number of aryl methyl sites for hydroxylation is 2. The second kappa shape index (κ2) is 7.92. The predicted octanol–water partition coefficient (Wildman–Crippen LogP) is 3.54. The van der Waals surface area contributed by atoms with Gasteiger partial charge in [-0.1, -0.05) is 30.3 Å². The third-order valence-electron chi connectivity index (χ3n) is 5.22. The van der Waals surface area contributed by atoms with Crippen LogP contribution in [-0.4, -0.2) is 24.6 Å². The molecule has 31 heavy (non-hydrogen) atoms. The minimum Gasteiger partial charge on any atom is -0.386 e. The maximum Gasteiger partial charge on any atom is 0.264 e. The van der Waals surface area contributed by atoms with Crippen molar-refractivity contribution >= 4 is 16.7 Å². The van der Waals surface area contributed by atoms with E-state index in [9.17, 15) is 9.90 Å². The standard InChI is InChI=1S/C24H25N5O2/c1-15-5-6-16(12-25-15)13-26-22-21-20(27-14-29(4)23(21)30)11-19(28-22)17-7-9-18(10-8-17)24(2,3)31/h5-12,14,31H,13H2,1-4H3,(H,26,28). The molecule has 0 unspecified atom stereocenters. The normalized spacial score (nSPS) is 11.6. The fourth-order valence-electron chi connectivity index (χ4n) is 3.34. The average Bonchev–Trinajstić information content (AvgIpc) is 2.75. The molecule has 0 atom stereocenters. The summed E-state index contributed by atoms with van der Waals surface area (Å²) in [5, 5.41) is 13.9. The Morgan fingerprint density at radius 1 is 1.10 bits per heavy atom. The van der Waals surface area contributed by atoms with Crippen molar-refractivity contribution in [3.05, 3.63) is 82.2 Å². The van der Waals surface area contributed by atoms with Gasteiger partial charge in [0.1, 0.15) is 11.2 Å². The first-order chi connectivity index (χ1) is 14.7. The highest BCUT2D eigenvalue weighted by Gasteiger charge is 2.17. The Hall–Kier alpha value is -3.58. The van der Waals surface area contributed by atoms with Crippen molar-refractivity contribution in [3.63, 3.8) is 0 Å². The topological polar surface area (TPSA) is 92.9 Å². The van der Waals surface area contributed by atoms with Crippen molar-refractivity contribution in [3.8, 4) is 11.3 Å². The van der Waals surface area contributed by atoms with Crippen LogP contribution in [0.2, 0.25) is 0 Å². The second-order valence-electron chi connectivity index (χ2n) is 8.21. The number of pyridine rings is 2. The van der Waals surface area contributed by atoms with Gasteiger partial charge in [-0.2, -0.15) is 0 Å². The lowest BCUT2D eigenvalue weighted by molar-refractivity contribution is 0.0786. The number of anilines is 1. The van der Waals surface area contributed by atoms with Crippen molar-refractivity contribution in [1.29, 1.82) is 0 Å². The number of aromatic nitrogens is 4. The van der Waals surface area contributed by atoms with Crippen LogP contribution < -0.4 is 10.9 Å². The van der Waals surface area contributed by atoms with Gasteiger partial charge in [0.15, 0.2) is 0 Å². The smallest absolute Gasteiger partial charge is 0.264 e. The number of hydrogen-bond donors (Lipinski definition) is 2. The van der Waals surface area contributed by atoms with Gasteiger partial charge >= 0.3 is 0 Å². The number of hydrogen-bond acceptors (Lipinski definition) is 6. The quantitative estimate of drug-likeness (QED) is 0.518. The van der Waals surface area contributed by atoms with Crippen molar-refractivity contribution in [1.82, 2.24) is 19.5 Å². The summed E-state index contributed by atoms with van der Waals surface area (Å²) >= 11 is 0. The van der Waals surface area contributed by atoms with Crippen LogP contribution in [0.25, 0.3) is 22.2 Å². The molecule has 0 fully saturated rings. The monoisotopic (exact) mass is 415 g/mol. The van der Waals surface area contributed by atoms with Crippen LogP contribution in [0.3, 0.4) is 0 Å². The molecule has 0 bridgehead atoms. The summed E-state index contributed by atoms with van der Waals surface area (Å²) < 4.78 is 1.44. The molecule has 3 aromatic heterocycles. The third-order valence-corrected chi connectivity index (χ3v) is 5.22. The molecule has 7 nitrogen and oxygen atoms in total. The molecule has 0 aliphatic carbocycles. The SMILES string of the molecule is Cc1ccc(CNc2nc(-c3ccc(C(C)(C)O)cc3)cc3ncn(C)c(=O)c23)cn1. The summed E-state index contributed by atoms with van der Waals surface area (Å²) in [5.74, 6) is 0.480. The van der Waals surface area contributed by atoms with Gasteiger partial charge in [-0.3, -0.25) is 9.78 Å². The van der Waals surface area contributed by atoms with E-state index < -0.39 is 5.60 Å². The molecule has 0 radical (unpaired) electrons. The van der Waals surface area contributed by atoms with Gasteiger partial charge in [-0.15, -0.1) is 0 Å². The van der Waals surface area contributed by atoms with Gasteiger partial charge < -0.3 is 15.0 Å². The van der Waals surface area contributed by atoms with Gasteiger partial charge in [-0.05, 0) is 44.0 Å². The van der Waals surface area contributed by atoms with Crippen molar-refractivity contribution < 1.29 is 5.11 Å². The second-order valence-corrected chi connectivity index (χ2v) is 8.21. The number of aliphatic hydroxyl groups is 1. The predicted molar refractivity (Wildman–Crippen MR) is 122 cm³/mol. The van der Waals surface area contributed by atoms with E-state index in [1.807, 2.05) is 49.4 Å². The van der Waals surface area contributed by atoms with Crippen LogP contribution in [0.4, 0.5) is 5.82 Å². The lowest BCUT2D eigenvalue weighted by atomic mass is 9.96. The minimum absolute atomic E-state index is 0.161. The first kappa shape index (κ1) is 20.7. The number of rotatable bonds is 5. The van der Waals surface area contributed by atoms with E-state index >= 15 is 0 Å². The molecule has 4 aromatic rings. The number of nitrogens with zero attached hydrogens (tertiary/aromatic N) is 4. The Morgan fingerprint density at radius 2 is 1.84 bits per heavy atom. The molecule has 1 aromatic carbocycles. The van der Waals surface area contributed by atoms with E-state index in [2.05, 4.69) is 15.3 Å². The summed E-state index contributed by atoms with van der Waals surface area (Å²) in [6.45, 7) is 5.92. The molecule has 0 amide bonds. The molecule has 0 spiro atoms. The maximum absolute atomic E-state index is 12.8. The summed E-state index contributed by atoms with van der Waals surface area (Å²) in [4.78, 5) is 26.3. The average molecular weight is 415 g/mol. The molecule has 0 aliphatic heterocycles. The molecule has 4 rings (SSSR count). The molecular formula is C24H25N5O2. The van der Waals surface area contributed by atoms with Crippen LogP contribution in [0.1, 0.15) is 30.7 Å². The number of nitrogens with one attached hydrogen (secondary N) is 1. The van der Waals surface area contributed by atoms with Gasteiger partial charge in [0.25, 0.3) is 5.56 Å². The lowest BCUT2D eigenvalue weighted by Crippen LogP contribution is -2.19. The van der Waals surface area contributed by atoms with E-state index in [4.69, 9.17) is 4.98 Å². The highest BCUT2D eigenvalue weighted by molar-refractivity contribution is 5.91. The van der Waals surface area contributed by atoms with Crippen LogP contribution in [0.15, 0.2) is 59.8 Å². The van der Waals surface area contributed by atoms with Crippen molar-refractivity contribution in [2.24, 2.45) is 7.05 Å². The zero-order valence-electron chi connectivity index (χ0n) is 18.0. The van der Waals surface area contributed by atoms with E-state index in [1.54, 1.807) is 27.1 Å². The summed E-state index contributed by atoms with van der Waals surface area (Å²) in [6, 6.07) is 13.3. The van der Waals surface area contributed by atoms with Gasteiger partial charge in [0.2, 0.25) is 0 Å². The van der Waals surface area contributed by atoms with E-state index in [0.29, 0.717) is 29.0 Å².